The quantitative estimate of drug-likeness (QED) is 0.743. The smallest absolute Gasteiger partial charge is 0.126 e. The van der Waals surface area contributed by atoms with E-state index in [9.17, 15) is 5.11 Å². The number of hydrogen-bond donors (Lipinski definition) is 1. The highest BCUT2D eigenvalue weighted by Crippen LogP contribution is 2.42. The Morgan fingerprint density at radius 2 is 2.24 bits per heavy atom. The molecule has 0 bridgehead atoms. The summed E-state index contributed by atoms with van der Waals surface area (Å²) in [5.41, 5.74) is 0.757. The second kappa shape index (κ2) is 4.00. The molecular weight excluding hydrogens is 214 g/mol. The first kappa shape index (κ1) is 11.1. The van der Waals surface area contributed by atoms with Crippen molar-refractivity contribution in [2.24, 2.45) is 0 Å². The number of benzene rings is 1. The molecule has 17 heavy (non-hydrogen) atoms. The van der Waals surface area contributed by atoms with E-state index >= 15 is 0 Å². The molecule has 0 aromatic heterocycles. The van der Waals surface area contributed by atoms with E-state index in [1.165, 1.54) is 0 Å². The molecule has 2 heterocycles. The van der Waals surface area contributed by atoms with E-state index in [-0.39, 0.29) is 11.7 Å². The Kier molecular flexibility index (Phi) is 2.60. The summed E-state index contributed by atoms with van der Waals surface area (Å²) < 4.78 is 6.20. The van der Waals surface area contributed by atoms with Crippen LogP contribution in [0.25, 0.3) is 0 Å². The van der Waals surface area contributed by atoms with Gasteiger partial charge in [0, 0.05) is 18.5 Å². The topological polar surface area (TPSA) is 32.7 Å². The van der Waals surface area contributed by atoms with Gasteiger partial charge in [-0.1, -0.05) is 18.2 Å². The van der Waals surface area contributed by atoms with Gasteiger partial charge in [-0.15, -0.1) is 0 Å². The minimum atomic E-state index is -0.383. The molecule has 1 saturated heterocycles. The summed E-state index contributed by atoms with van der Waals surface area (Å²) in [7, 11) is 2.12. The van der Waals surface area contributed by atoms with E-state index in [1.54, 1.807) is 0 Å². The molecule has 1 unspecified atom stereocenters. The molecule has 1 fully saturated rings. The van der Waals surface area contributed by atoms with Crippen molar-refractivity contribution in [2.45, 2.75) is 31.0 Å². The molecular formula is C14H19NO2. The van der Waals surface area contributed by atoms with Gasteiger partial charge >= 0.3 is 0 Å². The van der Waals surface area contributed by atoms with Gasteiger partial charge in [0.1, 0.15) is 11.4 Å². The number of hydrogen-bond acceptors (Lipinski definition) is 3. The van der Waals surface area contributed by atoms with E-state index in [0.717, 1.165) is 37.2 Å². The number of rotatable bonds is 0. The first-order valence-electron chi connectivity index (χ1n) is 6.33. The van der Waals surface area contributed by atoms with Crippen LogP contribution in [0.3, 0.4) is 0 Å². The zero-order valence-corrected chi connectivity index (χ0v) is 10.2. The molecule has 1 N–H and O–H groups in total. The average molecular weight is 233 g/mol. The van der Waals surface area contributed by atoms with Crippen LogP contribution in [0.5, 0.6) is 5.75 Å². The highest BCUT2D eigenvalue weighted by Gasteiger charge is 2.42. The van der Waals surface area contributed by atoms with Crippen LogP contribution in [0.1, 0.15) is 30.9 Å². The van der Waals surface area contributed by atoms with Gasteiger partial charge in [0.2, 0.25) is 0 Å². The second-order valence-electron chi connectivity index (χ2n) is 5.38. The highest BCUT2D eigenvalue weighted by molar-refractivity contribution is 5.38. The van der Waals surface area contributed by atoms with E-state index in [2.05, 4.69) is 11.9 Å². The Labute approximate surface area is 102 Å². The maximum atomic E-state index is 10.3. The summed E-state index contributed by atoms with van der Waals surface area (Å²) in [4.78, 5) is 2.30. The summed E-state index contributed by atoms with van der Waals surface area (Å²) in [6, 6.07) is 7.85. The molecule has 0 radical (unpaired) electrons. The summed E-state index contributed by atoms with van der Waals surface area (Å²) >= 11 is 0. The van der Waals surface area contributed by atoms with Crippen LogP contribution in [0, 0.1) is 0 Å². The molecule has 0 saturated carbocycles. The zero-order chi connectivity index (χ0) is 11.9. The van der Waals surface area contributed by atoms with Gasteiger partial charge in [-0.2, -0.15) is 0 Å². The number of aliphatic hydroxyl groups is 1. The number of nitrogens with zero attached hydrogens (tertiary/aromatic N) is 1. The number of para-hydroxylation sites is 1. The van der Waals surface area contributed by atoms with Crippen molar-refractivity contribution in [1.82, 2.24) is 4.90 Å². The largest absolute Gasteiger partial charge is 0.485 e. The third-order valence-corrected chi connectivity index (χ3v) is 3.90. The zero-order valence-electron chi connectivity index (χ0n) is 10.2. The maximum absolute atomic E-state index is 10.3. The Morgan fingerprint density at radius 3 is 3.06 bits per heavy atom. The fraction of sp³-hybridized carbons (Fsp3) is 0.571. The lowest BCUT2D eigenvalue weighted by molar-refractivity contribution is -0.0554. The van der Waals surface area contributed by atoms with Crippen LogP contribution in [0.15, 0.2) is 24.3 Å². The molecule has 3 heteroatoms. The van der Waals surface area contributed by atoms with Gasteiger partial charge < -0.3 is 14.7 Å². The number of aliphatic hydroxyl groups excluding tert-OH is 1. The lowest BCUT2D eigenvalue weighted by atomic mass is 9.83. The second-order valence-corrected chi connectivity index (χ2v) is 5.38. The highest BCUT2D eigenvalue weighted by atomic mass is 16.5. The molecule has 1 aromatic carbocycles. The fourth-order valence-corrected chi connectivity index (χ4v) is 3.16. The normalized spacial score (nSPS) is 33.2. The van der Waals surface area contributed by atoms with E-state index in [4.69, 9.17) is 4.74 Å². The Morgan fingerprint density at radius 1 is 1.41 bits per heavy atom. The van der Waals surface area contributed by atoms with Crippen LogP contribution in [0.2, 0.25) is 0 Å². The third-order valence-electron chi connectivity index (χ3n) is 3.90. The van der Waals surface area contributed by atoms with Crippen molar-refractivity contribution >= 4 is 0 Å². The first-order chi connectivity index (χ1) is 8.19. The molecule has 3 rings (SSSR count). The molecule has 1 aromatic rings. The lowest BCUT2D eigenvalue weighted by Gasteiger charge is -2.45. The maximum Gasteiger partial charge on any atom is 0.126 e. The molecule has 2 atom stereocenters. The standard InChI is InChI=1S/C14H19NO2/c1-15-8-4-7-14(10-15)9-12(16)11-5-2-3-6-13(11)17-14/h2-3,5-6,12,16H,4,7-10H2,1H3/t12-,14?/m0/s1. The number of likely N-dealkylation sites (N-methyl/N-ethyl adjacent to an activating group) is 1. The summed E-state index contributed by atoms with van der Waals surface area (Å²) in [5, 5.41) is 10.3. The minimum Gasteiger partial charge on any atom is -0.485 e. The monoisotopic (exact) mass is 233 g/mol. The summed E-state index contributed by atoms with van der Waals surface area (Å²) in [6.45, 7) is 2.04. The molecule has 0 aliphatic carbocycles. The minimum absolute atomic E-state index is 0.180. The fourth-order valence-electron chi connectivity index (χ4n) is 3.16. The van der Waals surface area contributed by atoms with Gasteiger partial charge in [-0.25, -0.2) is 0 Å². The van der Waals surface area contributed by atoms with Crippen molar-refractivity contribution < 1.29 is 9.84 Å². The molecule has 3 nitrogen and oxygen atoms in total. The molecule has 0 amide bonds. The summed E-state index contributed by atoms with van der Waals surface area (Å²) in [6.07, 6.45) is 2.52. The average Bonchev–Trinajstić information content (AvgIpc) is 2.28. The first-order valence-corrected chi connectivity index (χ1v) is 6.33. The Bertz CT molecular complexity index is 420. The molecule has 92 valence electrons. The van der Waals surface area contributed by atoms with Crippen molar-refractivity contribution in [3.63, 3.8) is 0 Å². The Hall–Kier alpha value is -1.06. The van der Waals surface area contributed by atoms with Crippen LogP contribution < -0.4 is 4.74 Å². The van der Waals surface area contributed by atoms with Gasteiger partial charge in [-0.05, 0) is 32.5 Å². The van der Waals surface area contributed by atoms with Crippen LogP contribution in [-0.4, -0.2) is 35.7 Å². The van der Waals surface area contributed by atoms with Crippen LogP contribution >= 0.6 is 0 Å². The molecule has 2 aliphatic rings. The predicted octanol–water partition coefficient (Wildman–Crippen LogP) is 1.97. The number of piperidine rings is 1. The van der Waals surface area contributed by atoms with Crippen molar-refractivity contribution in [3.8, 4) is 5.75 Å². The van der Waals surface area contributed by atoms with Crippen molar-refractivity contribution in [1.29, 1.82) is 0 Å². The summed E-state index contributed by atoms with van der Waals surface area (Å²) in [5.74, 6) is 0.863. The van der Waals surface area contributed by atoms with Gasteiger partial charge in [0.25, 0.3) is 0 Å². The number of likely N-dealkylation sites (tertiary alicyclic amines) is 1. The number of ether oxygens (including phenoxy) is 1. The number of fused-ring (bicyclic) bond motifs is 1. The van der Waals surface area contributed by atoms with E-state index in [1.807, 2.05) is 24.3 Å². The lowest BCUT2D eigenvalue weighted by Crippen LogP contribution is -2.52. The van der Waals surface area contributed by atoms with Crippen molar-refractivity contribution in [2.75, 3.05) is 20.1 Å². The molecule has 2 aliphatic heterocycles. The predicted molar refractivity (Wildman–Crippen MR) is 66.1 cm³/mol. The Balaban J connectivity index is 1.92. The van der Waals surface area contributed by atoms with E-state index < -0.39 is 0 Å². The van der Waals surface area contributed by atoms with Crippen LogP contribution in [-0.2, 0) is 0 Å². The van der Waals surface area contributed by atoms with Gasteiger partial charge in [0.05, 0.1) is 6.10 Å². The van der Waals surface area contributed by atoms with Gasteiger partial charge in [0.15, 0.2) is 0 Å². The SMILES string of the molecule is CN1CCCC2(C[C@H](O)c3ccccc3O2)C1. The van der Waals surface area contributed by atoms with Crippen LogP contribution in [0.4, 0.5) is 0 Å². The third kappa shape index (κ3) is 1.94. The van der Waals surface area contributed by atoms with E-state index in [0.29, 0.717) is 6.42 Å². The van der Waals surface area contributed by atoms with Gasteiger partial charge in [-0.3, -0.25) is 0 Å². The van der Waals surface area contributed by atoms with Crippen molar-refractivity contribution in [3.05, 3.63) is 29.8 Å². The molecule has 1 spiro atoms.